The summed E-state index contributed by atoms with van der Waals surface area (Å²) in [5, 5.41) is 3.63. The van der Waals surface area contributed by atoms with E-state index < -0.39 is 6.09 Å². The zero-order valence-electron chi connectivity index (χ0n) is 10.4. The summed E-state index contributed by atoms with van der Waals surface area (Å²) in [5.41, 5.74) is 1.01. The van der Waals surface area contributed by atoms with E-state index in [0.717, 1.165) is 5.56 Å². The number of carbonyl (C=O) groups is 1. The van der Waals surface area contributed by atoms with Gasteiger partial charge in [0.15, 0.2) is 0 Å². The second-order valence-corrected chi connectivity index (χ2v) is 3.70. The van der Waals surface area contributed by atoms with Gasteiger partial charge in [-0.25, -0.2) is 0 Å². The molecule has 95 valence electrons. The molecule has 3 rings (SSSR count). The molecule has 0 aromatic heterocycles. The number of nitrogens with zero attached hydrogens (tertiary/aromatic N) is 1. The first-order chi connectivity index (χ1) is 8.86. The van der Waals surface area contributed by atoms with Crippen molar-refractivity contribution in [3.05, 3.63) is 77.6 Å². The fraction of sp³-hybridized carbons (Fsp3) is 0.133. The summed E-state index contributed by atoms with van der Waals surface area (Å²) >= 11 is 0. The van der Waals surface area contributed by atoms with Crippen LogP contribution in [0.3, 0.4) is 0 Å². The fourth-order valence-electron chi connectivity index (χ4n) is 1.54. The predicted molar refractivity (Wildman–Crippen MR) is 69.2 cm³/mol. The molecule has 3 nitrogen and oxygen atoms in total. The van der Waals surface area contributed by atoms with Crippen LogP contribution in [0, 0.1) is 6.07 Å². The van der Waals surface area contributed by atoms with Gasteiger partial charge in [-0.3, -0.25) is 4.79 Å². The van der Waals surface area contributed by atoms with Gasteiger partial charge in [-0.05, 0) is 5.56 Å². The molecule has 1 aliphatic heterocycles. The van der Waals surface area contributed by atoms with Crippen LogP contribution in [-0.4, -0.2) is 12.6 Å². The molecule has 0 N–H and O–H groups in total. The zero-order valence-corrected chi connectivity index (χ0v) is 13.2. The summed E-state index contributed by atoms with van der Waals surface area (Å²) in [4.78, 5) is 10.6. The first-order valence-corrected chi connectivity index (χ1v) is 5.70. The maximum Gasteiger partial charge on any atom is 0.230 e. The van der Waals surface area contributed by atoms with Crippen molar-refractivity contribution in [2.24, 2.45) is 0 Å². The topological polar surface area (TPSA) is 40.4 Å². The van der Waals surface area contributed by atoms with Gasteiger partial charge in [0.2, 0.25) is 6.09 Å². The van der Waals surface area contributed by atoms with Gasteiger partial charge in [-0.2, -0.15) is 36.4 Å². The normalized spacial score (nSPS) is 16.2. The molecule has 1 aliphatic rings. The van der Waals surface area contributed by atoms with Crippen LogP contribution in [0.4, 0.5) is 4.79 Å². The molecule has 1 heterocycles. The third kappa shape index (κ3) is 5.54. The van der Waals surface area contributed by atoms with Gasteiger partial charge in [0.1, 0.15) is 6.10 Å². The standard InChI is InChI=1S/C9H9NO2.C6H5.Y/c11-9-10-6-8(12-9)7-4-2-1-3-5-7;1-2-4-6-5-3-1;/h1-5,8H,6H2,(H,10,11);1-5H;/q;-1;/p-1. The van der Waals surface area contributed by atoms with Crippen LogP contribution in [0.5, 0.6) is 0 Å². The van der Waals surface area contributed by atoms with Crippen molar-refractivity contribution in [1.29, 1.82) is 0 Å². The Hall–Kier alpha value is -1.19. The van der Waals surface area contributed by atoms with Crippen LogP contribution in [0.2, 0.25) is 0 Å². The molecule has 0 spiro atoms. The van der Waals surface area contributed by atoms with E-state index in [-0.39, 0.29) is 38.8 Å². The molecule has 0 aliphatic carbocycles. The molecule has 1 atom stereocenters. The monoisotopic (exact) mass is 328 g/mol. The molecule has 1 amide bonds. The number of cyclic esters (lactones) is 1. The van der Waals surface area contributed by atoms with Crippen molar-refractivity contribution in [3.8, 4) is 0 Å². The van der Waals surface area contributed by atoms with Gasteiger partial charge in [0, 0.05) is 32.7 Å². The first-order valence-electron chi connectivity index (χ1n) is 5.70. The molecule has 1 unspecified atom stereocenters. The maximum absolute atomic E-state index is 10.6. The number of hydrogen-bond acceptors (Lipinski definition) is 2. The molecule has 0 saturated carbocycles. The number of amides is 1. The van der Waals surface area contributed by atoms with E-state index in [0.29, 0.717) is 6.54 Å². The summed E-state index contributed by atoms with van der Waals surface area (Å²) in [6.45, 7) is 0.447. The van der Waals surface area contributed by atoms with Gasteiger partial charge < -0.3 is 10.1 Å². The molecule has 4 heteroatoms. The van der Waals surface area contributed by atoms with E-state index in [1.807, 2.05) is 60.7 Å². The molecule has 1 radical (unpaired) electrons. The third-order valence-corrected chi connectivity index (χ3v) is 2.41. The van der Waals surface area contributed by atoms with Crippen molar-refractivity contribution < 1.29 is 42.2 Å². The van der Waals surface area contributed by atoms with Gasteiger partial charge in [-0.1, -0.05) is 36.9 Å². The number of benzene rings is 2. The van der Waals surface area contributed by atoms with E-state index in [4.69, 9.17) is 4.74 Å². The summed E-state index contributed by atoms with van der Waals surface area (Å²) in [6.07, 6.45) is -0.623. The van der Waals surface area contributed by atoms with Crippen molar-refractivity contribution in [2.45, 2.75) is 6.10 Å². The summed E-state index contributed by atoms with van der Waals surface area (Å²) in [6, 6.07) is 22.1. The smallest absolute Gasteiger partial charge is 0.230 e. The minimum absolute atomic E-state index is 0. The van der Waals surface area contributed by atoms with Gasteiger partial charge in [0.25, 0.3) is 0 Å². The Balaban J connectivity index is 0.000000220. The third-order valence-electron chi connectivity index (χ3n) is 2.41. The number of rotatable bonds is 1. The molecule has 1 saturated heterocycles. The average Bonchev–Trinajstić information content (AvgIpc) is 2.89. The molecule has 1 fully saturated rings. The Morgan fingerprint density at radius 1 is 1.05 bits per heavy atom. The summed E-state index contributed by atoms with van der Waals surface area (Å²) < 4.78 is 4.94. The van der Waals surface area contributed by atoms with Crippen LogP contribution in [0.1, 0.15) is 11.7 Å². The fourth-order valence-corrected chi connectivity index (χ4v) is 1.54. The van der Waals surface area contributed by atoms with Crippen molar-refractivity contribution >= 4 is 6.09 Å². The van der Waals surface area contributed by atoms with Gasteiger partial charge in [-0.15, -0.1) is 0 Å². The molecular formula is C15H13NO2Y-2. The Morgan fingerprint density at radius 3 is 2.11 bits per heavy atom. The number of carbonyl (C=O) groups excluding carboxylic acids is 1. The van der Waals surface area contributed by atoms with E-state index >= 15 is 0 Å². The Labute approximate surface area is 138 Å². The molecule has 2 aromatic rings. The molecular weight excluding hydrogens is 315 g/mol. The summed E-state index contributed by atoms with van der Waals surface area (Å²) in [7, 11) is 0. The maximum atomic E-state index is 10.6. The second kappa shape index (κ2) is 8.84. The number of ether oxygens (including phenoxy) is 1. The largest absolute Gasteiger partial charge is 0.614 e. The average molecular weight is 328 g/mol. The van der Waals surface area contributed by atoms with Gasteiger partial charge >= 0.3 is 0 Å². The van der Waals surface area contributed by atoms with E-state index in [2.05, 4.69) is 11.4 Å². The minimum atomic E-state index is -0.455. The van der Waals surface area contributed by atoms with Crippen molar-refractivity contribution in [3.63, 3.8) is 0 Å². The Morgan fingerprint density at radius 2 is 1.68 bits per heavy atom. The quantitative estimate of drug-likeness (QED) is 0.748. The first kappa shape index (κ1) is 15.9. The second-order valence-electron chi connectivity index (χ2n) is 3.70. The van der Waals surface area contributed by atoms with Crippen LogP contribution in [0.25, 0.3) is 5.32 Å². The Bertz CT molecular complexity index is 449. The van der Waals surface area contributed by atoms with Gasteiger partial charge in [0.05, 0.1) is 0 Å². The van der Waals surface area contributed by atoms with Crippen LogP contribution < -0.4 is 0 Å². The molecule has 19 heavy (non-hydrogen) atoms. The van der Waals surface area contributed by atoms with Crippen LogP contribution in [-0.2, 0) is 37.4 Å². The van der Waals surface area contributed by atoms with Crippen molar-refractivity contribution in [1.82, 2.24) is 0 Å². The predicted octanol–water partition coefficient (Wildman–Crippen LogP) is 3.74. The molecule has 2 aromatic carbocycles. The van der Waals surface area contributed by atoms with Crippen molar-refractivity contribution in [2.75, 3.05) is 6.54 Å². The summed E-state index contributed by atoms with van der Waals surface area (Å²) in [5.74, 6) is 0. The van der Waals surface area contributed by atoms with Crippen LogP contribution >= 0.6 is 0 Å². The SMILES string of the molecule is O=C1[N-]CC(c2ccccc2)O1.[Y].[c-]1ccccc1. The minimum Gasteiger partial charge on any atom is -0.614 e. The number of hydrogen-bond donors (Lipinski definition) is 0. The van der Waals surface area contributed by atoms with E-state index in [1.165, 1.54) is 0 Å². The molecule has 0 bridgehead atoms. The van der Waals surface area contributed by atoms with Crippen LogP contribution in [0.15, 0.2) is 60.7 Å². The van der Waals surface area contributed by atoms with E-state index in [9.17, 15) is 4.79 Å². The van der Waals surface area contributed by atoms with E-state index in [1.54, 1.807) is 0 Å². The Kier molecular flexibility index (Phi) is 7.38. The zero-order chi connectivity index (χ0) is 12.6.